The van der Waals surface area contributed by atoms with Gasteiger partial charge in [-0.3, -0.25) is 10.9 Å². The summed E-state index contributed by atoms with van der Waals surface area (Å²) in [6.07, 6.45) is 0.852. The predicted molar refractivity (Wildman–Crippen MR) is 114 cm³/mol. The van der Waals surface area contributed by atoms with E-state index in [1.807, 2.05) is 36.4 Å². The zero-order valence-electron chi connectivity index (χ0n) is 14.2. The maximum absolute atomic E-state index is 5.87. The first kappa shape index (κ1) is 19.4. The van der Waals surface area contributed by atoms with Crippen LogP contribution < -0.4 is 21.5 Å². The van der Waals surface area contributed by atoms with Crippen molar-refractivity contribution in [2.24, 2.45) is 0 Å². The molecule has 0 bridgehead atoms. The van der Waals surface area contributed by atoms with Crippen LogP contribution in [0.2, 0.25) is 5.02 Å². The number of hydrazine groups is 1. The van der Waals surface area contributed by atoms with Gasteiger partial charge in [0.15, 0.2) is 10.2 Å². The Kier molecular flexibility index (Phi) is 7.43. The maximum atomic E-state index is 5.87. The average molecular weight is 393 g/mol. The second kappa shape index (κ2) is 9.56. The van der Waals surface area contributed by atoms with Crippen molar-refractivity contribution in [1.29, 1.82) is 0 Å². The summed E-state index contributed by atoms with van der Waals surface area (Å²) >= 11 is 16.3. The van der Waals surface area contributed by atoms with Gasteiger partial charge in [-0.05, 0) is 85.7 Å². The molecule has 2 rings (SSSR count). The average Bonchev–Trinajstić information content (AvgIpc) is 2.58. The Balaban J connectivity index is 1.67. The summed E-state index contributed by atoms with van der Waals surface area (Å²) in [4.78, 5) is 0. The molecule has 0 spiro atoms. The first-order chi connectivity index (χ1) is 11.9. The van der Waals surface area contributed by atoms with Crippen molar-refractivity contribution in [2.45, 2.75) is 20.3 Å². The molecule has 0 aliphatic heterocycles. The summed E-state index contributed by atoms with van der Waals surface area (Å²) in [5.41, 5.74) is 10.3. The van der Waals surface area contributed by atoms with E-state index in [4.69, 9.17) is 36.0 Å². The highest BCUT2D eigenvalue weighted by Crippen LogP contribution is 2.13. The number of nitrogens with one attached hydrogen (secondary N) is 4. The van der Waals surface area contributed by atoms with Crippen molar-refractivity contribution >= 4 is 51.9 Å². The summed E-state index contributed by atoms with van der Waals surface area (Å²) < 4.78 is 0. The smallest absolute Gasteiger partial charge is 0.189 e. The van der Waals surface area contributed by atoms with E-state index in [9.17, 15) is 0 Å². The van der Waals surface area contributed by atoms with Gasteiger partial charge in [0.25, 0.3) is 0 Å². The van der Waals surface area contributed by atoms with Crippen LogP contribution in [0.3, 0.4) is 0 Å². The molecule has 132 valence electrons. The second-order valence-corrected chi connectivity index (χ2v) is 6.89. The lowest BCUT2D eigenvalue weighted by Crippen LogP contribution is -2.48. The zero-order chi connectivity index (χ0) is 18.2. The van der Waals surface area contributed by atoms with Crippen molar-refractivity contribution in [2.75, 3.05) is 11.9 Å². The maximum Gasteiger partial charge on any atom is 0.189 e. The fourth-order valence-electron chi connectivity index (χ4n) is 2.11. The summed E-state index contributed by atoms with van der Waals surface area (Å²) in [5.74, 6) is 0. The molecule has 0 fully saturated rings. The lowest BCUT2D eigenvalue weighted by molar-refractivity contribution is 0.796. The van der Waals surface area contributed by atoms with Gasteiger partial charge in [-0.1, -0.05) is 29.8 Å². The van der Waals surface area contributed by atoms with Crippen LogP contribution in [0.5, 0.6) is 0 Å². The number of benzene rings is 2. The molecule has 7 heteroatoms. The Labute approximate surface area is 164 Å². The van der Waals surface area contributed by atoms with E-state index in [1.165, 1.54) is 16.7 Å². The van der Waals surface area contributed by atoms with E-state index in [1.54, 1.807) is 0 Å². The molecule has 0 aliphatic rings. The fraction of sp³-hybridized carbons (Fsp3) is 0.222. The van der Waals surface area contributed by atoms with Crippen molar-refractivity contribution in [1.82, 2.24) is 16.2 Å². The standard InChI is InChI=1S/C18H21ClN4S2/c1-12-3-8-16(11-13(12)2)21-18(25)23-22-17(24)20-10-9-14-4-6-15(19)7-5-14/h3-8,11H,9-10H2,1-2H3,(H2,20,22,24)(H2,21,23,25). The molecule has 0 unspecified atom stereocenters. The van der Waals surface area contributed by atoms with Gasteiger partial charge in [-0.2, -0.15) is 0 Å². The number of hydrogen-bond acceptors (Lipinski definition) is 2. The molecule has 0 heterocycles. The Hall–Kier alpha value is -1.89. The first-order valence-corrected chi connectivity index (χ1v) is 9.06. The molecule has 0 aliphatic carbocycles. The van der Waals surface area contributed by atoms with Crippen LogP contribution in [0.15, 0.2) is 42.5 Å². The van der Waals surface area contributed by atoms with Crippen LogP contribution in [0.4, 0.5) is 5.69 Å². The zero-order valence-corrected chi connectivity index (χ0v) is 16.5. The summed E-state index contributed by atoms with van der Waals surface area (Å²) in [7, 11) is 0. The monoisotopic (exact) mass is 392 g/mol. The normalized spacial score (nSPS) is 10.0. The molecule has 0 saturated heterocycles. The van der Waals surface area contributed by atoms with Crippen LogP contribution in [0.1, 0.15) is 16.7 Å². The van der Waals surface area contributed by atoms with E-state index in [-0.39, 0.29) is 0 Å². The second-order valence-electron chi connectivity index (χ2n) is 5.64. The number of aryl methyl sites for hydroxylation is 2. The Morgan fingerprint density at radius 2 is 1.60 bits per heavy atom. The van der Waals surface area contributed by atoms with Crippen molar-refractivity contribution in [3.63, 3.8) is 0 Å². The SMILES string of the molecule is Cc1ccc(NC(=S)NNC(=S)NCCc2ccc(Cl)cc2)cc1C. The number of thiocarbonyl (C=S) groups is 2. The number of halogens is 1. The van der Waals surface area contributed by atoms with Gasteiger partial charge in [-0.25, -0.2) is 0 Å². The Morgan fingerprint density at radius 1 is 0.920 bits per heavy atom. The molecule has 0 saturated carbocycles. The number of hydrogen-bond donors (Lipinski definition) is 4. The van der Waals surface area contributed by atoms with Crippen molar-refractivity contribution < 1.29 is 0 Å². The van der Waals surface area contributed by atoms with Crippen molar-refractivity contribution in [3.8, 4) is 0 Å². The third-order valence-corrected chi connectivity index (χ3v) is 4.37. The third-order valence-electron chi connectivity index (χ3n) is 3.67. The van der Waals surface area contributed by atoms with Crippen molar-refractivity contribution in [3.05, 3.63) is 64.2 Å². The number of rotatable bonds is 4. The van der Waals surface area contributed by atoms with Gasteiger partial charge in [0.05, 0.1) is 0 Å². The molecular weight excluding hydrogens is 372 g/mol. The molecular formula is C18H21ClN4S2. The van der Waals surface area contributed by atoms with Crippen LogP contribution in [-0.4, -0.2) is 16.8 Å². The van der Waals surface area contributed by atoms with E-state index in [2.05, 4.69) is 41.4 Å². The minimum atomic E-state index is 0.449. The highest BCUT2D eigenvalue weighted by Gasteiger charge is 2.01. The van der Waals surface area contributed by atoms with Crippen LogP contribution >= 0.6 is 36.0 Å². The van der Waals surface area contributed by atoms with E-state index < -0.39 is 0 Å². The lowest BCUT2D eigenvalue weighted by Gasteiger charge is -2.15. The van der Waals surface area contributed by atoms with Crippen LogP contribution in [-0.2, 0) is 6.42 Å². The number of anilines is 1. The van der Waals surface area contributed by atoms with Gasteiger partial charge < -0.3 is 10.6 Å². The third kappa shape index (κ3) is 6.86. The van der Waals surface area contributed by atoms with Gasteiger partial charge in [-0.15, -0.1) is 0 Å². The molecule has 2 aromatic carbocycles. The van der Waals surface area contributed by atoms with Gasteiger partial charge in [0.1, 0.15) is 0 Å². The van der Waals surface area contributed by atoms with E-state index in [0.717, 1.165) is 17.1 Å². The molecule has 4 N–H and O–H groups in total. The minimum absolute atomic E-state index is 0.449. The van der Waals surface area contributed by atoms with E-state index >= 15 is 0 Å². The molecule has 4 nitrogen and oxygen atoms in total. The molecule has 2 aromatic rings. The van der Waals surface area contributed by atoms with Gasteiger partial charge in [0, 0.05) is 17.3 Å². The molecule has 25 heavy (non-hydrogen) atoms. The Bertz CT molecular complexity index is 747. The molecule has 0 radical (unpaired) electrons. The lowest BCUT2D eigenvalue weighted by atomic mass is 10.1. The highest BCUT2D eigenvalue weighted by atomic mass is 35.5. The quantitative estimate of drug-likeness (QED) is 0.468. The highest BCUT2D eigenvalue weighted by molar-refractivity contribution is 7.80. The predicted octanol–water partition coefficient (Wildman–Crippen LogP) is 3.87. The summed E-state index contributed by atoms with van der Waals surface area (Å²) in [5, 5.41) is 7.90. The molecule has 0 amide bonds. The molecule has 0 atom stereocenters. The van der Waals surface area contributed by atoms with Gasteiger partial charge >= 0.3 is 0 Å². The van der Waals surface area contributed by atoms with Gasteiger partial charge in [0.2, 0.25) is 0 Å². The minimum Gasteiger partial charge on any atom is -0.361 e. The fourth-order valence-corrected chi connectivity index (χ4v) is 2.56. The molecule has 0 aromatic heterocycles. The largest absolute Gasteiger partial charge is 0.361 e. The summed E-state index contributed by atoms with van der Waals surface area (Å²) in [6, 6.07) is 13.8. The summed E-state index contributed by atoms with van der Waals surface area (Å²) in [6.45, 7) is 4.85. The van der Waals surface area contributed by atoms with Crippen LogP contribution in [0.25, 0.3) is 0 Å². The Morgan fingerprint density at radius 3 is 2.28 bits per heavy atom. The topological polar surface area (TPSA) is 48.1 Å². The van der Waals surface area contributed by atoms with Crippen LogP contribution in [0, 0.1) is 13.8 Å². The first-order valence-electron chi connectivity index (χ1n) is 7.86. The van der Waals surface area contributed by atoms with E-state index in [0.29, 0.717) is 16.8 Å².